The zero-order valence-corrected chi connectivity index (χ0v) is 13.2. The molecular formula is C15H17BrF3NO. The number of alkyl halides is 3. The third kappa shape index (κ3) is 4.22. The molecule has 0 aromatic heterocycles. The van der Waals surface area contributed by atoms with Crippen molar-refractivity contribution in [3.05, 3.63) is 28.2 Å². The summed E-state index contributed by atoms with van der Waals surface area (Å²) in [6.07, 6.45) is -3.47. The van der Waals surface area contributed by atoms with E-state index in [1.165, 1.54) is 0 Å². The fourth-order valence-electron chi connectivity index (χ4n) is 2.65. The molecule has 0 unspecified atom stereocenters. The molecule has 0 heterocycles. The summed E-state index contributed by atoms with van der Waals surface area (Å²) in [5, 5.41) is 2.82. The van der Waals surface area contributed by atoms with Crippen LogP contribution in [-0.2, 0) is 4.79 Å². The molecule has 0 bridgehead atoms. The minimum absolute atomic E-state index is 0.0407. The number of rotatable bonds is 2. The lowest BCUT2D eigenvalue weighted by atomic mass is 9.81. The first-order chi connectivity index (χ1) is 9.77. The third-order valence-electron chi connectivity index (χ3n) is 4.02. The van der Waals surface area contributed by atoms with Crippen LogP contribution in [0.3, 0.4) is 0 Å². The van der Waals surface area contributed by atoms with Crippen LogP contribution in [-0.4, -0.2) is 12.1 Å². The van der Waals surface area contributed by atoms with E-state index in [0.717, 1.165) is 10.0 Å². The van der Waals surface area contributed by atoms with Crippen LogP contribution >= 0.6 is 15.9 Å². The van der Waals surface area contributed by atoms with Crippen LogP contribution in [0.1, 0.15) is 31.2 Å². The first-order valence-electron chi connectivity index (χ1n) is 6.91. The molecule has 116 valence electrons. The van der Waals surface area contributed by atoms with Gasteiger partial charge in [-0.25, -0.2) is 0 Å². The van der Waals surface area contributed by atoms with Crippen molar-refractivity contribution in [2.45, 2.75) is 38.8 Å². The molecule has 0 atom stereocenters. The molecule has 0 radical (unpaired) electrons. The van der Waals surface area contributed by atoms with E-state index in [4.69, 9.17) is 0 Å². The summed E-state index contributed by atoms with van der Waals surface area (Å²) >= 11 is 3.34. The molecule has 21 heavy (non-hydrogen) atoms. The second kappa shape index (κ2) is 6.38. The van der Waals surface area contributed by atoms with Gasteiger partial charge < -0.3 is 5.32 Å². The van der Waals surface area contributed by atoms with Crippen molar-refractivity contribution < 1.29 is 18.0 Å². The number of hydrogen-bond donors (Lipinski definition) is 1. The van der Waals surface area contributed by atoms with Crippen molar-refractivity contribution in [1.29, 1.82) is 0 Å². The SMILES string of the molecule is Cc1ccc(Br)cc1NC(=O)C1CCC(C(F)(F)F)CC1. The second-order valence-electron chi connectivity index (χ2n) is 5.54. The van der Waals surface area contributed by atoms with Crippen LogP contribution in [0.25, 0.3) is 0 Å². The van der Waals surface area contributed by atoms with Crippen molar-refractivity contribution in [1.82, 2.24) is 0 Å². The lowest BCUT2D eigenvalue weighted by Crippen LogP contribution is -2.32. The number of hydrogen-bond acceptors (Lipinski definition) is 1. The van der Waals surface area contributed by atoms with E-state index >= 15 is 0 Å². The van der Waals surface area contributed by atoms with Gasteiger partial charge in [0.25, 0.3) is 0 Å². The number of nitrogens with one attached hydrogen (secondary N) is 1. The molecule has 1 saturated carbocycles. The Balaban J connectivity index is 1.95. The number of carbonyl (C=O) groups excluding carboxylic acids is 1. The van der Waals surface area contributed by atoms with Gasteiger partial charge in [-0.1, -0.05) is 22.0 Å². The Hall–Kier alpha value is -1.04. The first-order valence-corrected chi connectivity index (χ1v) is 7.70. The number of benzene rings is 1. The summed E-state index contributed by atoms with van der Waals surface area (Å²) in [5.41, 5.74) is 1.63. The van der Waals surface area contributed by atoms with Gasteiger partial charge in [0.05, 0.1) is 5.92 Å². The van der Waals surface area contributed by atoms with Gasteiger partial charge in [-0.2, -0.15) is 13.2 Å². The summed E-state index contributed by atoms with van der Waals surface area (Å²) in [7, 11) is 0. The fourth-order valence-corrected chi connectivity index (χ4v) is 3.01. The van der Waals surface area contributed by atoms with Gasteiger partial charge in [0, 0.05) is 16.1 Å². The van der Waals surface area contributed by atoms with Gasteiger partial charge in [-0.3, -0.25) is 4.79 Å². The molecule has 1 aliphatic carbocycles. The highest BCUT2D eigenvalue weighted by molar-refractivity contribution is 9.10. The minimum atomic E-state index is -4.14. The summed E-state index contributed by atoms with van der Waals surface area (Å²) in [4.78, 5) is 12.2. The molecule has 2 nitrogen and oxygen atoms in total. The van der Waals surface area contributed by atoms with E-state index in [-0.39, 0.29) is 24.7 Å². The van der Waals surface area contributed by atoms with Crippen LogP contribution < -0.4 is 5.32 Å². The molecule has 1 N–H and O–H groups in total. The molecule has 1 aromatic rings. The monoisotopic (exact) mass is 363 g/mol. The largest absolute Gasteiger partial charge is 0.391 e. The van der Waals surface area contributed by atoms with Crippen LogP contribution in [0.4, 0.5) is 18.9 Å². The van der Waals surface area contributed by atoms with E-state index in [1.807, 2.05) is 19.1 Å². The first kappa shape index (κ1) is 16.3. The van der Waals surface area contributed by atoms with Gasteiger partial charge in [-0.05, 0) is 50.3 Å². The summed E-state index contributed by atoms with van der Waals surface area (Å²) < 4.78 is 38.7. The Kier molecular flexibility index (Phi) is 4.96. The van der Waals surface area contributed by atoms with Gasteiger partial charge in [0.15, 0.2) is 0 Å². The molecular weight excluding hydrogens is 347 g/mol. The molecule has 0 spiro atoms. The van der Waals surface area contributed by atoms with Crippen molar-refractivity contribution in [2.75, 3.05) is 5.32 Å². The molecule has 1 aliphatic rings. The molecule has 0 aliphatic heterocycles. The molecule has 2 rings (SSSR count). The highest BCUT2D eigenvalue weighted by Gasteiger charge is 2.42. The normalized spacial score (nSPS) is 22.9. The highest BCUT2D eigenvalue weighted by atomic mass is 79.9. The number of anilines is 1. The van der Waals surface area contributed by atoms with Crippen molar-refractivity contribution in [3.63, 3.8) is 0 Å². The standard InChI is InChI=1S/C15H17BrF3NO/c1-9-2-7-12(16)8-13(9)20-14(21)10-3-5-11(6-4-10)15(17,18)19/h2,7-8,10-11H,3-6H2,1H3,(H,20,21). The fraction of sp³-hybridized carbons (Fsp3) is 0.533. The molecule has 6 heteroatoms. The smallest absolute Gasteiger partial charge is 0.326 e. The Bertz CT molecular complexity index is 522. The van der Waals surface area contributed by atoms with Gasteiger partial charge >= 0.3 is 6.18 Å². The van der Waals surface area contributed by atoms with E-state index in [9.17, 15) is 18.0 Å². The lowest BCUT2D eigenvalue weighted by molar-refractivity contribution is -0.184. The van der Waals surface area contributed by atoms with E-state index in [1.54, 1.807) is 6.07 Å². The number of aryl methyl sites for hydroxylation is 1. The summed E-state index contributed by atoms with van der Waals surface area (Å²) in [5.74, 6) is -1.77. The maximum Gasteiger partial charge on any atom is 0.391 e. The predicted octanol–water partition coefficient (Wildman–Crippen LogP) is 5.06. The summed E-state index contributed by atoms with van der Waals surface area (Å²) in [6, 6.07) is 5.55. The van der Waals surface area contributed by atoms with E-state index in [0.29, 0.717) is 18.5 Å². The molecule has 1 amide bonds. The number of halogens is 4. The van der Waals surface area contributed by atoms with Gasteiger partial charge in [0.2, 0.25) is 5.91 Å². The maximum atomic E-state index is 12.6. The number of amides is 1. The van der Waals surface area contributed by atoms with Gasteiger partial charge in [0.1, 0.15) is 0 Å². The average Bonchev–Trinajstić information content (AvgIpc) is 2.42. The van der Waals surface area contributed by atoms with Gasteiger partial charge in [-0.15, -0.1) is 0 Å². The topological polar surface area (TPSA) is 29.1 Å². The van der Waals surface area contributed by atoms with E-state index < -0.39 is 12.1 Å². The Morgan fingerprint density at radius 1 is 1.24 bits per heavy atom. The molecule has 1 fully saturated rings. The predicted molar refractivity (Wildman–Crippen MR) is 79.0 cm³/mol. The van der Waals surface area contributed by atoms with Crippen molar-refractivity contribution in [2.24, 2.45) is 11.8 Å². The maximum absolute atomic E-state index is 12.6. The Morgan fingerprint density at radius 3 is 2.43 bits per heavy atom. The zero-order valence-electron chi connectivity index (χ0n) is 11.6. The third-order valence-corrected chi connectivity index (χ3v) is 4.51. The average molecular weight is 364 g/mol. The van der Waals surface area contributed by atoms with Crippen LogP contribution in [0.5, 0.6) is 0 Å². The minimum Gasteiger partial charge on any atom is -0.326 e. The van der Waals surface area contributed by atoms with Crippen LogP contribution in [0.15, 0.2) is 22.7 Å². The van der Waals surface area contributed by atoms with E-state index in [2.05, 4.69) is 21.2 Å². The second-order valence-corrected chi connectivity index (χ2v) is 6.45. The van der Waals surface area contributed by atoms with Crippen LogP contribution in [0.2, 0.25) is 0 Å². The highest BCUT2D eigenvalue weighted by Crippen LogP contribution is 2.39. The Morgan fingerprint density at radius 2 is 1.86 bits per heavy atom. The zero-order chi connectivity index (χ0) is 15.6. The van der Waals surface area contributed by atoms with Crippen molar-refractivity contribution >= 4 is 27.5 Å². The molecule has 1 aromatic carbocycles. The Labute approximate surface area is 130 Å². The number of carbonyl (C=O) groups is 1. The summed E-state index contributed by atoms with van der Waals surface area (Å²) in [6.45, 7) is 1.88. The van der Waals surface area contributed by atoms with Crippen molar-refractivity contribution in [3.8, 4) is 0 Å². The molecule has 0 saturated heterocycles. The lowest BCUT2D eigenvalue weighted by Gasteiger charge is -2.29. The quantitative estimate of drug-likeness (QED) is 0.781. The van der Waals surface area contributed by atoms with Crippen LogP contribution in [0, 0.1) is 18.8 Å².